The minimum atomic E-state index is 0.552. The summed E-state index contributed by atoms with van der Waals surface area (Å²) in [6.45, 7) is 5.47. The van der Waals surface area contributed by atoms with Crippen molar-refractivity contribution in [1.29, 1.82) is 0 Å². The number of ether oxygens (including phenoxy) is 3. The zero-order valence-electron chi connectivity index (χ0n) is 15.7. The van der Waals surface area contributed by atoms with Crippen LogP contribution in [0.4, 0.5) is 0 Å². The van der Waals surface area contributed by atoms with Crippen LogP contribution in [0.3, 0.4) is 0 Å². The van der Waals surface area contributed by atoms with Gasteiger partial charge in [-0.25, -0.2) is 0 Å². The van der Waals surface area contributed by atoms with Crippen molar-refractivity contribution in [3.63, 3.8) is 0 Å². The van der Waals surface area contributed by atoms with Crippen molar-refractivity contribution in [3.8, 4) is 0 Å². The van der Waals surface area contributed by atoms with Gasteiger partial charge in [-0.2, -0.15) is 0 Å². The molecule has 1 unspecified atom stereocenters. The van der Waals surface area contributed by atoms with Gasteiger partial charge in [-0.3, -0.25) is 4.99 Å². The van der Waals surface area contributed by atoms with Gasteiger partial charge in [0, 0.05) is 46.8 Å². The van der Waals surface area contributed by atoms with E-state index in [1.165, 1.54) is 11.1 Å². The van der Waals surface area contributed by atoms with Crippen LogP contribution in [0, 0.1) is 5.92 Å². The largest absolute Gasteiger partial charge is 0.382 e. The van der Waals surface area contributed by atoms with Crippen molar-refractivity contribution in [1.82, 2.24) is 10.2 Å². The van der Waals surface area contributed by atoms with Crippen LogP contribution in [0.25, 0.3) is 0 Å². The quantitative estimate of drug-likeness (QED) is 0.419. The van der Waals surface area contributed by atoms with E-state index in [2.05, 4.69) is 33.4 Å². The molecule has 0 bridgehead atoms. The van der Waals surface area contributed by atoms with E-state index < -0.39 is 0 Å². The van der Waals surface area contributed by atoms with Crippen LogP contribution in [-0.2, 0) is 27.4 Å². The lowest BCUT2D eigenvalue weighted by Crippen LogP contribution is -2.40. The van der Waals surface area contributed by atoms with E-state index >= 15 is 0 Å². The Hall–Kier alpha value is -1.63. The highest BCUT2D eigenvalue weighted by molar-refractivity contribution is 5.80. The molecule has 1 aromatic carbocycles. The number of hydrogen-bond donors (Lipinski definition) is 1. The van der Waals surface area contributed by atoms with Gasteiger partial charge in [0.25, 0.3) is 0 Å². The molecule has 1 aromatic rings. The lowest BCUT2D eigenvalue weighted by molar-refractivity contribution is 0.0536. The average Bonchev–Trinajstić information content (AvgIpc) is 3.10. The van der Waals surface area contributed by atoms with Crippen LogP contribution in [-0.4, -0.2) is 65.0 Å². The van der Waals surface area contributed by atoms with Gasteiger partial charge < -0.3 is 24.4 Å². The molecule has 0 spiro atoms. The van der Waals surface area contributed by atoms with Crippen molar-refractivity contribution < 1.29 is 14.2 Å². The molecule has 1 fully saturated rings. The van der Waals surface area contributed by atoms with Crippen LogP contribution in [0.5, 0.6) is 0 Å². The first-order chi connectivity index (χ1) is 12.3. The number of guanidine groups is 1. The second-order valence-electron chi connectivity index (χ2n) is 6.27. The second-order valence-corrected chi connectivity index (χ2v) is 6.27. The molecule has 6 heteroatoms. The predicted molar refractivity (Wildman–Crippen MR) is 99.7 cm³/mol. The summed E-state index contributed by atoms with van der Waals surface area (Å²) < 4.78 is 16.0. The van der Waals surface area contributed by atoms with E-state index in [1.54, 1.807) is 14.2 Å². The fourth-order valence-electron chi connectivity index (χ4n) is 3.09. The lowest BCUT2D eigenvalue weighted by Gasteiger charge is -2.22. The first-order valence-corrected chi connectivity index (χ1v) is 8.86. The summed E-state index contributed by atoms with van der Waals surface area (Å²) >= 11 is 0. The number of benzene rings is 1. The topological polar surface area (TPSA) is 55.3 Å². The molecule has 6 nitrogen and oxygen atoms in total. The van der Waals surface area contributed by atoms with Gasteiger partial charge in [0.2, 0.25) is 0 Å². The SMILES string of the molecule is CN=C(NCc1ccccc1COC)N1CCC(COCCOC)C1. The zero-order chi connectivity index (χ0) is 17.9. The van der Waals surface area contributed by atoms with E-state index in [0.717, 1.165) is 38.6 Å². The molecule has 1 N–H and O–H groups in total. The van der Waals surface area contributed by atoms with Crippen molar-refractivity contribution >= 4 is 5.96 Å². The highest BCUT2D eigenvalue weighted by Gasteiger charge is 2.24. The monoisotopic (exact) mass is 349 g/mol. The smallest absolute Gasteiger partial charge is 0.193 e. The minimum Gasteiger partial charge on any atom is -0.382 e. The van der Waals surface area contributed by atoms with Gasteiger partial charge >= 0.3 is 0 Å². The molecule has 1 heterocycles. The standard InChI is InChI=1S/C19H31N3O3/c1-20-19(21-12-17-6-4-5-7-18(17)15-24-3)22-9-8-16(13-22)14-25-11-10-23-2/h4-7,16H,8-15H2,1-3H3,(H,20,21). The van der Waals surface area contributed by atoms with Crippen molar-refractivity contribution in [2.75, 3.05) is 54.2 Å². The summed E-state index contributed by atoms with van der Waals surface area (Å²) in [5.74, 6) is 1.50. The third-order valence-corrected chi connectivity index (χ3v) is 4.44. The molecule has 140 valence electrons. The summed E-state index contributed by atoms with van der Waals surface area (Å²) in [5.41, 5.74) is 2.45. The number of nitrogens with one attached hydrogen (secondary N) is 1. The van der Waals surface area contributed by atoms with E-state index in [1.807, 2.05) is 13.1 Å². The number of aliphatic imine (C=N–C) groups is 1. The Kier molecular flexibility index (Phi) is 8.72. The molecule has 0 aliphatic carbocycles. The van der Waals surface area contributed by atoms with Crippen molar-refractivity contribution in [3.05, 3.63) is 35.4 Å². The summed E-state index contributed by atoms with van der Waals surface area (Å²) in [7, 11) is 5.26. The fraction of sp³-hybridized carbons (Fsp3) is 0.632. The third-order valence-electron chi connectivity index (χ3n) is 4.44. The summed E-state index contributed by atoms with van der Waals surface area (Å²) in [4.78, 5) is 6.75. The summed E-state index contributed by atoms with van der Waals surface area (Å²) in [6.07, 6.45) is 1.13. The Morgan fingerprint density at radius 3 is 2.72 bits per heavy atom. The maximum absolute atomic E-state index is 5.67. The molecule has 0 amide bonds. The lowest BCUT2D eigenvalue weighted by atomic mass is 10.1. The Balaban J connectivity index is 1.81. The Labute approximate surface area is 151 Å². The van der Waals surface area contributed by atoms with Crippen LogP contribution < -0.4 is 5.32 Å². The van der Waals surface area contributed by atoms with Crippen LogP contribution in [0.15, 0.2) is 29.3 Å². The molecule has 2 rings (SSSR count). The van der Waals surface area contributed by atoms with Gasteiger partial charge in [0.1, 0.15) is 0 Å². The first kappa shape index (κ1) is 19.7. The van der Waals surface area contributed by atoms with Crippen LogP contribution in [0.1, 0.15) is 17.5 Å². The first-order valence-electron chi connectivity index (χ1n) is 8.86. The molecular formula is C19H31N3O3. The van der Waals surface area contributed by atoms with Gasteiger partial charge in [0.05, 0.1) is 26.4 Å². The highest BCUT2D eigenvalue weighted by atomic mass is 16.5. The zero-order valence-corrected chi connectivity index (χ0v) is 15.7. The Bertz CT molecular complexity index is 536. The van der Waals surface area contributed by atoms with Gasteiger partial charge in [-0.05, 0) is 17.5 Å². The third kappa shape index (κ3) is 6.30. The molecule has 0 aromatic heterocycles. The molecule has 1 aliphatic heterocycles. The summed E-state index contributed by atoms with van der Waals surface area (Å²) in [6, 6.07) is 8.33. The van der Waals surface area contributed by atoms with Gasteiger partial charge in [0.15, 0.2) is 5.96 Å². The molecule has 1 atom stereocenters. The maximum atomic E-state index is 5.67. The number of methoxy groups -OCH3 is 2. The number of rotatable bonds is 9. The Morgan fingerprint density at radius 2 is 2.00 bits per heavy atom. The summed E-state index contributed by atoms with van der Waals surface area (Å²) in [5, 5.41) is 3.48. The van der Waals surface area contributed by atoms with E-state index in [9.17, 15) is 0 Å². The molecular weight excluding hydrogens is 318 g/mol. The number of likely N-dealkylation sites (tertiary alicyclic amines) is 1. The van der Waals surface area contributed by atoms with Gasteiger partial charge in [-0.15, -0.1) is 0 Å². The molecule has 1 aliphatic rings. The predicted octanol–water partition coefficient (Wildman–Crippen LogP) is 1.89. The number of hydrogen-bond acceptors (Lipinski definition) is 4. The normalized spacial score (nSPS) is 18.0. The molecule has 25 heavy (non-hydrogen) atoms. The highest BCUT2D eigenvalue weighted by Crippen LogP contribution is 2.17. The van der Waals surface area contributed by atoms with Crippen LogP contribution in [0.2, 0.25) is 0 Å². The van der Waals surface area contributed by atoms with Crippen molar-refractivity contribution in [2.45, 2.75) is 19.6 Å². The van der Waals surface area contributed by atoms with Crippen molar-refractivity contribution in [2.24, 2.45) is 10.9 Å². The molecule has 1 saturated heterocycles. The van der Waals surface area contributed by atoms with E-state index in [-0.39, 0.29) is 0 Å². The second kappa shape index (κ2) is 11.1. The maximum Gasteiger partial charge on any atom is 0.193 e. The minimum absolute atomic E-state index is 0.552. The number of nitrogens with zero attached hydrogens (tertiary/aromatic N) is 2. The fourth-order valence-corrected chi connectivity index (χ4v) is 3.09. The average molecular weight is 349 g/mol. The van der Waals surface area contributed by atoms with E-state index in [4.69, 9.17) is 14.2 Å². The Morgan fingerprint density at radius 1 is 1.20 bits per heavy atom. The van der Waals surface area contributed by atoms with Gasteiger partial charge in [-0.1, -0.05) is 24.3 Å². The van der Waals surface area contributed by atoms with Crippen LogP contribution >= 0.6 is 0 Å². The molecule has 0 radical (unpaired) electrons. The molecule has 0 saturated carbocycles. The van der Waals surface area contributed by atoms with E-state index in [0.29, 0.717) is 25.7 Å².